The zero-order valence-corrected chi connectivity index (χ0v) is 10.6. The summed E-state index contributed by atoms with van der Waals surface area (Å²) < 4.78 is 6.57. The molecule has 0 spiro atoms. The summed E-state index contributed by atoms with van der Waals surface area (Å²) in [6.45, 7) is -0.477. The van der Waals surface area contributed by atoms with Gasteiger partial charge in [0.1, 0.15) is 18.3 Å². The summed E-state index contributed by atoms with van der Waals surface area (Å²) in [6, 6.07) is 0. The first-order valence-electron chi connectivity index (χ1n) is 6.11. The van der Waals surface area contributed by atoms with Crippen LogP contribution in [0.3, 0.4) is 0 Å². The Bertz CT molecular complexity index is 740. The lowest BCUT2D eigenvalue weighted by atomic mass is 10.1. The molecule has 21 heavy (non-hydrogen) atoms. The number of fused-ring (bicyclic) bond motifs is 1. The van der Waals surface area contributed by atoms with Crippen LogP contribution in [-0.4, -0.2) is 66.0 Å². The second-order valence-electron chi connectivity index (χ2n) is 4.62. The third-order valence-corrected chi connectivity index (χ3v) is 3.35. The highest BCUT2D eigenvalue weighted by Crippen LogP contribution is 2.30. The van der Waals surface area contributed by atoms with Crippen molar-refractivity contribution in [1.29, 1.82) is 0 Å². The van der Waals surface area contributed by atoms with E-state index in [0.717, 1.165) is 0 Å². The normalized spacial score (nSPS) is 29.1. The van der Waals surface area contributed by atoms with Crippen molar-refractivity contribution >= 4 is 17.5 Å². The Morgan fingerprint density at radius 2 is 2.19 bits per heavy atom. The quantitative estimate of drug-likeness (QED) is 0.455. The summed E-state index contributed by atoms with van der Waals surface area (Å²) >= 11 is 0. The summed E-state index contributed by atoms with van der Waals surface area (Å²) in [5, 5.41) is 28.8. The Balaban J connectivity index is 2.11. The van der Waals surface area contributed by atoms with E-state index in [-0.39, 0.29) is 17.0 Å². The number of aromatic nitrogens is 4. The number of aldehydes is 1. The van der Waals surface area contributed by atoms with Crippen LogP contribution in [0.5, 0.6) is 0 Å². The zero-order chi connectivity index (χ0) is 15.1. The van der Waals surface area contributed by atoms with Crippen molar-refractivity contribution in [3.8, 4) is 0 Å². The molecule has 1 saturated heterocycles. The molecule has 0 aromatic carbocycles. The number of hydrogen-bond donors (Lipinski definition) is 4. The van der Waals surface area contributed by atoms with Gasteiger partial charge in [0.25, 0.3) is 5.56 Å². The summed E-state index contributed by atoms with van der Waals surface area (Å²) in [6.07, 6.45) is -3.08. The molecule has 1 aliphatic heterocycles. The minimum atomic E-state index is -1.33. The predicted octanol–water partition coefficient (Wildman–Crippen LogP) is -2.46. The second kappa shape index (κ2) is 5.00. The number of aliphatic hydroxyl groups is 3. The number of nitrogens with zero attached hydrogens (tertiary/aromatic N) is 3. The van der Waals surface area contributed by atoms with E-state index >= 15 is 0 Å². The van der Waals surface area contributed by atoms with Gasteiger partial charge in [0.2, 0.25) is 0 Å². The number of nitrogens with one attached hydrogen (secondary N) is 1. The molecule has 4 unspecified atom stereocenters. The van der Waals surface area contributed by atoms with E-state index in [4.69, 9.17) is 9.84 Å². The van der Waals surface area contributed by atoms with Gasteiger partial charge in [-0.15, -0.1) is 0 Å². The van der Waals surface area contributed by atoms with Gasteiger partial charge < -0.3 is 25.0 Å². The Morgan fingerprint density at radius 3 is 2.81 bits per heavy atom. The maximum absolute atomic E-state index is 11.7. The fourth-order valence-electron chi connectivity index (χ4n) is 2.29. The summed E-state index contributed by atoms with van der Waals surface area (Å²) in [5.41, 5.74) is -0.596. The number of ether oxygens (including phenoxy) is 1. The van der Waals surface area contributed by atoms with Crippen LogP contribution in [0.1, 0.15) is 16.8 Å². The molecule has 3 rings (SSSR count). The molecule has 112 valence electrons. The molecule has 0 aliphatic carbocycles. The minimum absolute atomic E-state index is 0.0293. The number of carbonyl (C=O) groups is 1. The van der Waals surface area contributed by atoms with Gasteiger partial charge in [-0.1, -0.05) is 0 Å². The lowest BCUT2D eigenvalue weighted by Gasteiger charge is -2.16. The van der Waals surface area contributed by atoms with E-state index in [9.17, 15) is 19.8 Å². The van der Waals surface area contributed by atoms with Gasteiger partial charge in [0, 0.05) is 0 Å². The summed E-state index contributed by atoms with van der Waals surface area (Å²) in [4.78, 5) is 32.5. The number of rotatable bonds is 3. The Morgan fingerprint density at radius 1 is 1.43 bits per heavy atom. The highest BCUT2D eigenvalue weighted by molar-refractivity contribution is 5.76. The minimum Gasteiger partial charge on any atom is -0.394 e. The van der Waals surface area contributed by atoms with E-state index in [1.54, 1.807) is 0 Å². The Labute approximate surface area is 116 Å². The van der Waals surface area contributed by atoms with Crippen LogP contribution in [0.2, 0.25) is 0 Å². The second-order valence-corrected chi connectivity index (χ2v) is 4.62. The highest BCUT2D eigenvalue weighted by Gasteiger charge is 2.44. The molecule has 4 N–H and O–H groups in total. The molecule has 1 fully saturated rings. The summed E-state index contributed by atoms with van der Waals surface area (Å²) in [5.74, 6) is -0.194. The molecular formula is C11H12N4O6. The highest BCUT2D eigenvalue weighted by atomic mass is 16.6. The van der Waals surface area contributed by atoms with Gasteiger partial charge in [-0.2, -0.15) is 0 Å². The maximum atomic E-state index is 11.7. The van der Waals surface area contributed by atoms with Crippen LogP contribution in [-0.2, 0) is 4.74 Å². The Kier molecular flexibility index (Phi) is 3.29. The topological polar surface area (TPSA) is 151 Å². The molecule has 4 atom stereocenters. The van der Waals surface area contributed by atoms with E-state index in [1.807, 2.05) is 0 Å². The fraction of sp³-hybridized carbons (Fsp3) is 0.455. The van der Waals surface area contributed by atoms with Crippen LogP contribution in [0.15, 0.2) is 11.1 Å². The van der Waals surface area contributed by atoms with E-state index in [1.165, 1.54) is 10.9 Å². The standard InChI is InChI=1S/C11H12N4O6/c16-1-4-7(18)8(19)11(21-4)15-3-12-6-9(15)13-5(2-17)14-10(6)20/h2-4,7-8,11,16,18-19H,1H2,(H,13,14,20). The third kappa shape index (κ3) is 2.05. The van der Waals surface area contributed by atoms with Crippen molar-refractivity contribution < 1.29 is 24.9 Å². The first-order valence-corrected chi connectivity index (χ1v) is 6.11. The molecule has 0 amide bonds. The maximum Gasteiger partial charge on any atom is 0.279 e. The molecule has 2 aromatic heterocycles. The van der Waals surface area contributed by atoms with Crippen molar-refractivity contribution in [3.63, 3.8) is 0 Å². The monoisotopic (exact) mass is 296 g/mol. The van der Waals surface area contributed by atoms with Gasteiger partial charge in [-0.3, -0.25) is 14.2 Å². The fourth-order valence-corrected chi connectivity index (χ4v) is 2.29. The SMILES string of the molecule is O=Cc1nc2c(ncn2C2OC(CO)C(O)C2O)c(=O)[nH]1. The molecule has 1 aliphatic rings. The van der Waals surface area contributed by atoms with Crippen molar-refractivity contribution in [3.05, 3.63) is 22.5 Å². The number of hydrogen-bond acceptors (Lipinski definition) is 8. The largest absolute Gasteiger partial charge is 0.394 e. The lowest BCUT2D eigenvalue weighted by molar-refractivity contribution is -0.0511. The number of aliphatic hydroxyl groups excluding tert-OH is 3. The first-order chi connectivity index (χ1) is 10.1. The van der Waals surface area contributed by atoms with Crippen molar-refractivity contribution in [1.82, 2.24) is 19.5 Å². The molecule has 10 nitrogen and oxygen atoms in total. The van der Waals surface area contributed by atoms with Crippen molar-refractivity contribution in [2.75, 3.05) is 6.61 Å². The third-order valence-electron chi connectivity index (χ3n) is 3.35. The van der Waals surface area contributed by atoms with Gasteiger partial charge in [0.05, 0.1) is 12.9 Å². The van der Waals surface area contributed by atoms with Gasteiger partial charge in [-0.25, -0.2) is 9.97 Å². The summed E-state index contributed by atoms with van der Waals surface area (Å²) in [7, 11) is 0. The zero-order valence-electron chi connectivity index (χ0n) is 10.6. The van der Waals surface area contributed by atoms with Crippen LogP contribution in [0.4, 0.5) is 0 Å². The number of carbonyl (C=O) groups excluding carboxylic acids is 1. The molecule has 3 heterocycles. The van der Waals surface area contributed by atoms with Crippen LogP contribution >= 0.6 is 0 Å². The molecular weight excluding hydrogens is 284 g/mol. The number of aromatic amines is 1. The van der Waals surface area contributed by atoms with Crippen LogP contribution < -0.4 is 5.56 Å². The van der Waals surface area contributed by atoms with E-state index < -0.39 is 36.7 Å². The van der Waals surface area contributed by atoms with E-state index in [2.05, 4.69) is 15.0 Å². The van der Waals surface area contributed by atoms with Gasteiger partial charge >= 0.3 is 0 Å². The predicted molar refractivity (Wildman–Crippen MR) is 66.5 cm³/mol. The van der Waals surface area contributed by atoms with Crippen LogP contribution in [0, 0.1) is 0 Å². The molecule has 0 saturated carbocycles. The van der Waals surface area contributed by atoms with E-state index in [0.29, 0.717) is 6.29 Å². The molecule has 0 radical (unpaired) electrons. The molecule has 0 bridgehead atoms. The average Bonchev–Trinajstić information content (AvgIpc) is 3.02. The molecule has 10 heteroatoms. The Hall–Kier alpha value is -2.14. The smallest absolute Gasteiger partial charge is 0.279 e. The average molecular weight is 296 g/mol. The lowest BCUT2D eigenvalue weighted by Crippen LogP contribution is -2.33. The van der Waals surface area contributed by atoms with Crippen molar-refractivity contribution in [2.24, 2.45) is 0 Å². The number of imidazole rings is 1. The first kappa shape index (κ1) is 13.8. The van der Waals surface area contributed by atoms with Gasteiger partial charge in [-0.05, 0) is 0 Å². The van der Waals surface area contributed by atoms with Crippen LogP contribution in [0.25, 0.3) is 11.2 Å². The van der Waals surface area contributed by atoms with Gasteiger partial charge in [0.15, 0.2) is 29.5 Å². The van der Waals surface area contributed by atoms with Crippen molar-refractivity contribution in [2.45, 2.75) is 24.5 Å². The number of H-pyrrole nitrogens is 1. The molecule has 2 aromatic rings.